The second kappa shape index (κ2) is 7.10. The van der Waals surface area contributed by atoms with Crippen molar-refractivity contribution >= 4 is 40.8 Å². The third-order valence-electron chi connectivity index (χ3n) is 2.17. The SMILES string of the molecule is COC(=O)CN(CC(=O)OC)C(=O)c1ccc(Cl)s1. The first-order valence-electron chi connectivity index (χ1n) is 5.16. The average molecular weight is 306 g/mol. The Morgan fingerprint density at radius 2 is 1.68 bits per heavy atom. The lowest BCUT2D eigenvalue weighted by atomic mass is 10.3. The van der Waals surface area contributed by atoms with Gasteiger partial charge in [-0.3, -0.25) is 14.4 Å². The molecule has 1 amide bonds. The van der Waals surface area contributed by atoms with Gasteiger partial charge in [0.2, 0.25) is 0 Å². The quantitative estimate of drug-likeness (QED) is 0.764. The minimum atomic E-state index is -0.625. The highest BCUT2D eigenvalue weighted by Gasteiger charge is 2.23. The van der Waals surface area contributed by atoms with Gasteiger partial charge in [-0.25, -0.2) is 0 Å². The number of carbonyl (C=O) groups excluding carboxylic acids is 3. The van der Waals surface area contributed by atoms with Gasteiger partial charge >= 0.3 is 11.9 Å². The number of carbonyl (C=O) groups is 3. The summed E-state index contributed by atoms with van der Waals surface area (Å²) in [4.78, 5) is 36.0. The molecule has 0 bridgehead atoms. The number of halogens is 1. The Bertz CT molecular complexity index is 469. The molecule has 104 valence electrons. The van der Waals surface area contributed by atoms with Crippen LogP contribution in [0.2, 0.25) is 4.34 Å². The summed E-state index contributed by atoms with van der Waals surface area (Å²) in [7, 11) is 2.40. The molecule has 1 aromatic heterocycles. The van der Waals surface area contributed by atoms with Gasteiger partial charge in [-0.05, 0) is 12.1 Å². The highest BCUT2D eigenvalue weighted by Crippen LogP contribution is 2.22. The molecule has 0 aliphatic heterocycles. The summed E-state index contributed by atoms with van der Waals surface area (Å²) in [5.41, 5.74) is 0. The van der Waals surface area contributed by atoms with Gasteiger partial charge in [0.05, 0.1) is 23.4 Å². The highest BCUT2D eigenvalue weighted by molar-refractivity contribution is 7.17. The second-order valence-corrected chi connectivity index (χ2v) is 5.13. The van der Waals surface area contributed by atoms with Crippen LogP contribution in [0.25, 0.3) is 0 Å². The molecule has 0 fully saturated rings. The molecule has 0 radical (unpaired) electrons. The van der Waals surface area contributed by atoms with Gasteiger partial charge in [0.15, 0.2) is 0 Å². The van der Waals surface area contributed by atoms with E-state index in [1.165, 1.54) is 20.3 Å². The summed E-state index contributed by atoms with van der Waals surface area (Å²) in [5, 5.41) is 0. The Morgan fingerprint density at radius 3 is 2.05 bits per heavy atom. The van der Waals surface area contributed by atoms with E-state index in [2.05, 4.69) is 9.47 Å². The van der Waals surface area contributed by atoms with Crippen LogP contribution in [-0.2, 0) is 19.1 Å². The third kappa shape index (κ3) is 4.53. The Morgan fingerprint density at radius 1 is 1.16 bits per heavy atom. The zero-order valence-electron chi connectivity index (χ0n) is 10.3. The Labute approximate surface area is 118 Å². The predicted molar refractivity (Wildman–Crippen MR) is 69.3 cm³/mol. The molecule has 0 spiro atoms. The van der Waals surface area contributed by atoms with Gasteiger partial charge in [-0.1, -0.05) is 11.6 Å². The summed E-state index contributed by atoms with van der Waals surface area (Å²) in [5.74, 6) is -1.73. The first-order chi connectivity index (χ1) is 8.97. The van der Waals surface area contributed by atoms with Crippen molar-refractivity contribution in [3.63, 3.8) is 0 Å². The number of hydrogen-bond donors (Lipinski definition) is 0. The van der Waals surface area contributed by atoms with E-state index in [4.69, 9.17) is 11.6 Å². The second-order valence-electron chi connectivity index (χ2n) is 3.42. The van der Waals surface area contributed by atoms with Crippen molar-refractivity contribution in [1.82, 2.24) is 4.90 Å². The fourth-order valence-electron chi connectivity index (χ4n) is 1.23. The first-order valence-corrected chi connectivity index (χ1v) is 6.35. The van der Waals surface area contributed by atoms with Crippen molar-refractivity contribution < 1.29 is 23.9 Å². The molecule has 0 aliphatic rings. The summed E-state index contributed by atoms with van der Waals surface area (Å²) in [6.07, 6.45) is 0. The molecule has 1 heterocycles. The molecule has 0 aliphatic carbocycles. The molecule has 8 heteroatoms. The van der Waals surface area contributed by atoms with E-state index < -0.39 is 17.8 Å². The maximum absolute atomic E-state index is 12.1. The number of rotatable bonds is 5. The third-order valence-corrected chi connectivity index (χ3v) is 3.39. The monoisotopic (exact) mass is 305 g/mol. The lowest BCUT2D eigenvalue weighted by molar-refractivity contribution is -0.144. The molecule has 0 aromatic carbocycles. The van der Waals surface area contributed by atoms with Crippen LogP contribution in [0.4, 0.5) is 0 Å². The van der Waals surface area contributed by atoms with Gasteiger partial charge < -0.3 is 14.4 Å². The average Bonchev–Trinajstić information content (AvgIpc) is 2.83. The normalized spacial score (nSPS) is 9.84. The number of amides is 1. The van der Waals surface area contributed by atoms with E-state index in [-0.39, 0.29) is 13.1 Å². The van der Waals surface area contributed by atoms with Gasteiger partial charge in [-0.2, -0.15) is 0 Å². The van der Waals surface area contributed by atoms with Crippen LogP contribution >= 0.6 is 22.9 Å². The van der Waals surface area contributed by atoms with E-state index in [1.54, 1.807) is 6.07 Å². The van der Waals surface area contributed by atoms with Crippen molar-refractivity contribution in [1.29, 1.82) is 0 Å². The molecule has 1 aromatic rings. The van der Waals surface area contributed by atoms with Crippen LogP contribution in [0, 0.1) is 0 Å². The van der Waals surface area contributed by atoms with Crippen molar-refractivity contribution in [2.45, 2.75) is 0 Å². The summed E-state index contributed by atoms with van der Waals surface area (Å²) in [6.45, 7) is -0.667. The zero-order chi connectivity index (χ0) is 14.4. The van der Waals surface area contributed by atoms with Crippen LogP contribution in [0.1, 0.15) is 9.67 Å². The number of hydrogen-bond acceptors (Lipinski definition) is 6. The van der Waals surface area contributed by atoms with Gasteiger partial charge in [0.25, 0.3) is 5.91 Å². The van der Waals surface area contributed by atoms with Crippen molar-refractivity contribution in [3.8, 4) is 0 Å². The molecular formula is C11H12ClNO5S. The fraction of sp³-hybridized carbons (Fsp3) is 0.364. The molecule has 0 N–H and O–H groups in total. The number of ether oxygens (including phenoxy) is 2. The number of thiophene rings is 1. The molecule has 0 unspecified atom stereocenters. The van der Waals surface area contributed by atoms with E-state index in [1.807, 2.05) is 0 Å². The van der Waals surface area contributed by atoms with Gasteiger partial charge in [0, 0.05) is 0 Å². The van der Waals surface area contributed by atoms with E-state index >= 15 is 0 Å². The molecule has 19 heavy (non-hydrogen) atoms. The van der Waals surface area contributed by atoms with Gasteiger partial charge in [-0.15, -0.1) is 11.3 Å². The molecule has 0 atom stereocenters. The maximum Gasteiger partial charge on any atom is 0.325 e. The Kier molecular flexibility index (Phi) is 5.78. The lowest BCUT2D eigenvalue weighted by Gasteiger charge is -2.19. The summed E-state index contributed by atoms with van der Waals surface area (Å²) in [6, 6.07) is 3.09. The highest BCUT2D eigenvalue weighted by atomic mass is 35.5. The predicted octanol–water partition coefficient (Wildman–Crippen LogP) is 1.19. The van der Waals surface area contributed by atoms with E-state index in [9.17, 15) is 14.4 Å². The van der Waals surface area contributed by atoms with E-state index in [0.717, 1.165) is 16.2 Å². The molecule has 1 rings (SSSR count). The fourth-order valence-corrected chi connectivity index (χ4v) is 2.24. The van der Waals surface area contributed by atoms with Crippen LogP contribution in [-0.4, -0.2) is 50.1 Å². The minimum absolute atomic E-state index is 0.331. The first kappa shape index (κ1) is 15.5. The number of esters is 2. The zero-order valence-corrected chi connectivity index (χ0v) is 11.9. The summed E-state index contributed by atoms with van der Waals surface area (Å²) < 4.78 is 9.40. The minimum Gasteiger partial charge on any atom is -0.468 e. The molecule has 6 nitrogen and oxygen atoms in total. The van der Waals surface area contributed by atoms with E-state index in [0.29, 0.717) is 9.21 Å². The Balaban J connectivity index is 2.85. The largest absolute Gasteiger partial charge is 0.468 e. The van der Waals surface area contributed by atoms with Crippen molar-refractivity contribution in [2.75, 3.05) is 27.3 Å². The van der Waals surface area contributed by atoms with Crippen molar-refractivity contribution in [3.05, 3.63) is 21.3 Å². The van der Waals surface area contributed by atoms with Gasteiger partial charge in [0.1, 0.15) is 13.1 Å². The summed E-state index contributed by atoms with van der Waals surface area (Å²) >= 11 is 6.80. The molecule has 0 saturated heterocycles. The lowest BCUT2D eigenvalue weighted by Crippen LogP contribution is -2.39. The topological polar surface area (TPSA) is 72.9 Å². The molecule has 0 saturated carbocycles. The smallest absolute Gasteiger partial charge is 0.325 e. The standard InChI is InChI=1S/C11H12ClNO5S/c1-17-9(14)5-13(6-10(15)18-2)11(16)7-3-4-8(12)19-7/h3-4H,5-6H2,1-2H3. The van der Waals surface area contributed by atoms with Crippen LogP contribution in [0.15, 0.2) is 12.1 Å². The van der Waals surface area contributed by atoms with Crippen LogP contribution in [0.3, 0.4) is 0 Å². The van der Waals surface area contributed by atoms with Crippen LogP contribution in [0.5, 0.6) is 0 Å². The van der Waals surface area contributed by atoms with Crippen molar-refractivity contribution in [2.24, 2.45) is 0 Å². The maximum atomic E-state index is 12.1. The number of methoxy groups -OCH3 is 2. The Hall–Kier alpha value is -1.60. The van der Waals surface area contributed by atoms with Crippen LogP contribution < -0.4 is 0 Å². The number of nitrogens with zero attached hydrogens (tertiary/aromatic N) is 1. The molecular weight excluding hydrogens is 294 g/mol.